The maximum atomic E-state index is 12.8. The molecule has 17 heavy (non-hydrogen) atoms. The van der Waals surface area contributed by atoms with Crippen LogP contribution < -0.4 is 11.1 Å². The average Bonchev–Trinajstić information content (AvgIpc) is 2.25. The Bertz CT molecular complexity index is 407. The Hall–Kier alpha value is -1.62. The Morgan fingerprint density at radius 2 is 2.18 bits per heavy atom. The molecule has 0 spiro atoms. The highest BCUT2D eigenvalue weighted by Gasteiger charge is 2.13. The van der Waals surface area contributed by atoms with Crippen LogP contribution in [0.15, 0.2) is 18.2 Å². The summed E-state index contributed by atoms with van der Waals surface area (Å²) in [6.07, 6.45) is -0.611. The summed E-state index contributed by atoms with van der Waals surface area (Å²) in [5.74, 6) is -0.843. The fourth-order valence-electron chi connectivity index (χ4n) is 1.27. The van der Waals surface area contributed by atoms with Gasteiger partial charge in [-0.25, -0.2) is 4.39 Å². The fourth-order valence-corrected chi connectivity index (χ4v) is 1.27. The van der Waals surface area contributed by atoms with Crippen LogP contribution in [-0.4, -0.2) is 23.7 Å². The van der Waals surface area contributed by atoms with E-state index in [0.29, 0.717) is 0 Å². The predicted octanol–water partition coefficient (Wildman–Crippen LogP) is 1.15. The van der Waals surface area contributed by atoms with Crippen molar-refractivity contribution in [3.8, 4) is 0 Å². The second kappa shape index (κ2) is 5.63. The molecule has 0 aliphatic rings. The summed E-state index contributed by atoms with van der Waals surface area (Å²) >= 11 is 0. The Morgan fingerprint density at radius 3 is 2.71 bits per heavy atom. The van der Waals surface area contributed by atoms with Crippen molar-refractivity contribution >= 4 is 11.6 Å². The van der Waals surface area contributed by atoms with Crippen molar-refractivity contribution < 1.29 is 14.3 Å². The number of carbonyl (C=O) groups is 1. The smallest absolute Gasteiger partial charge is 0.253 e. The van der Waals surface area contributed by atoms with Gasteiger partial charge in [-0.15, -0.1) is 0 Å². The van der Waals surface area contributed by atoms with Crippen LogP contribution in [0, 0.1) is 11.7 Å². The van der Waals surface area contributed by atoms with E-state index in [1.54, 1.807) is 0 Å². The van der Waals surface area contributed by atoms with Gasteiger partial charge in [-0.2, -0.15) is 0 Å². The van der Waals surface area contributed by atoms with Gasteiger partial charge in [0, 0.05) is 12.2 Å². The number of hydrogen-bond donors (Lipinski definition) is 3. The molecular weight excluding hydrogens is 223 g/mol. The molecule has 0 saturated heterocycles. The molecule has 0 radical (unpaired) electrons. The number of hydrogen-bond acceptors (Lipinski definition) is 3. The van der Waals surface area contributed by atoms with E-state index in [1.807, 2.05) is 13.8 Å². The van der Waals surface area contributed by atoms with Crippen LogP contribution >= 0.6 is 0 Å². The van der Waals surface area contributed by atoms with Crippen molar-refractivity contribution in [2.45, 2.75) is 20.0 Å². The number of nitrogens with one attached hydrogen (secondary N) is 1. The number of aliphatic hydroxyl groups excluding tert-OH is 1. The minimum atomic E-state index is -0.611. The van der Waals surface area contributed by atoms with Crippen molar-refractivity contribution in [1.82, 2.24) is 5.32 Å². The summed E-state index contributed by atoms with van der Waals surface area (Å²) in [4.78, 5) is 11.7. The van der Waals surface area contributed by atoms with Gasteiger partial charge >= 0.3 is 0 Å². The van der Waals surface area contributed by atoms with Crippen molar-refractivity contribution in [3.05, 3.63) is 29.6 Å². The third-order valence-electron chi connectivity index (χ3n) is 2.50. The van der Waals surface area contributed by atoms with Gasteiger partial charge in [-0.05, 0) is 24.1 Å². The van der Waals surface area contributed by atoms with Crippen LogP contribution in [0.3, 0.4) is 0 Å². The summed E-state index contributed by atoms with van der Waals surface area (Å²) in [7, 11) is 0. The number of rotatable bonds is 4. The molecule has 0 aromatic heterocycles. The Kier molecular flexibility index (Phi) is 4.45. The van der Waals surface area contributed by atoms with Gasteiger partial charge in [-0.1, -0.05) is 13.8 Å². The number of benzene rings is 1. The van der Waals surface area contributed by atoms with E-state index in [2.05, 4.69) is 5.32 Å². The van der Waals surface area contributed by atoms with Gasteiger partial charge < -0.3 is 16.2 Å². The summed E-state index contributed by atoms with van der Waals surface area (Å²) in [6, 6.07) is 3.58. The highest BCUT2D eigenvalue weighted by Crippen LogP contribution is 2.13. The lowest BCUT2D eigenvalue weighted by Gasteiger charge is -2.15. The van der Waals surface area contributed by atoms with Crippen LogP contribution in [0.4, 0.5) is 10.1 Å². The summed E-state index contributed by atoms with van der Waals surface area (Å²) < 4.78 is 12.8. The zero-order chi connectivity index (χ0) is 13.0. The van der Waals surface area contributed by atoms with Gasteiger partial charge in [0.25, 0.3) is 5.91 Å². The van der Waals surface area contributed by atoms with Gasteiger partial charge in [0.2, 0.25) is 0 Å². The first-order chi connectivity index (χ1) is 7.91. The second-order valence-corrected chi connectivity index (χ2v) is 4.25. The standard InChI is InChI=1S/C12H17FN2O2/c1-7(2)11(16)6-15-12(17)9-4-3-8(13)5-10(9)14/h3-5,7,11,16H,6,14H2,1-2H3,(H,15,17). The SMILES string of the molecule is CC(C)C(O)CNC(=O)c1ccc(F)cc1N. The first kappa shape index (κ1) is 13.4. The zero-order valence-corrected chi connectivity index (χ0v) is 9.90. The number of carbonyl (C=O) groups excluding carboxylic acids is 1. The average molecular weight is 240 g/mol. The number of aliphatic hydroxyl groups is 1. The lowest BCUT2D eigenvalue weighted by atomic mass is 10.1. The molecule has 4 N–H and O–H groups in total. The molecule has 4 nitrogen and oxygen atoms in total. The third-order valence-corrected chi connectivity index (χ3v) is 2.50. The largest absolute Gasteiger partial charge is 0.398 e. The van der Waals surface area contributed by atoms with Gasteiger partial charge in [-0.3, -0.25) is 4.79 Å². The molecule has 0 aliphatic heterocycles. The maximum absolute atomic E-state index is 12.8. The van der Waals surface area contributed by atoms with E-state index in [9.17, 15) is 14.3 Å². The predicted molar refractivity (Wildman–Crippen MR) is 64.0 cm³/mol. The highest BCUT2D eigenvalue weighted by atomic mass is 19.1. The molecule has 1 atom stereocenters. The lowest BCUT2D eigenvalue weighted by Crippen LogP contribution is -2.35. The normalized spacial score (nSPS) is 12.5. The molecule has 1 amide bonds. The van der Waals surface area contributed by atoms with E-state index < -0.39 is 17.8 Å². The van der Waals surface area contributed by atoms with Crippen LogP contribution in [0.2, 0.25) is 0 Å². The molecule has 5 heteroatoms. The zero-order valence-electron chi connectivity index (χ0n) is 9.90. The molecule has 0 saturated carbocycles. The van der Waals surface area contributed by atoms with E-state index >= 15 is 0 Å². The summed E-state index contributed by atoms with van der Waals surface area (Å²) in [6.45, 7) is 3.85. The molecule has 1 aromatic rings. The van der Waals surface area contributed by atoms with E-state index in [4.69, 9.17) is 5.73 Å². The van der Waals surface area contributed by atoms with Crippen LogP contribution in [0.1, 0.15) is 24.2 Å². The topological polar surface area (TPSA) is 75.3 Å². The second-order valence-electron chi connectivity index (χ2n) is 4.25. The van der Waals surface area contributed by atoms with Gasteiger partial charge in [0.05, 0.1) is 11.7 Å². The maximum Gasteiger partial charge on any atom is 0.253 e. The lowest BCUT2D eigenvalue weighted by molar-refractivity contribution is 0.0872. The summed E-state index contributed by atoms with van der Waals surface area (Å²) in [5, 5.41) is 12.1. The number of amides is 1. The van der Waals surface area contributed by atoms with E-state index in [0.717, 1.165) is 6.07 Å². The number of nitrogens with two attached hydrogens (primary N) is 1. The first-order valence-corrected chi connectivity index (χ1v) is 5.43. The molecule has 1 rings (SSSR count). The van der Waals surface area contributed by atoms with E-state index in [1.165, 1.54) is 12.1 Å². The van der Waals surface area contributed by atoms with Crippen LogP contribution in [0.5, 0.6) is 0 Å². The van der Waals surface area contributed by atoms with Crippen molar-refractivity contribution in [2.75, 3.05) is 12.3 Å². The van der Waals surface area contributed by atoms with Crippen LogP contribution in [0.25, 0.3) is 0 Å². The molecule has 0 heterocycles. The van der Waals surface area contributed by atoms with E-state index in [-0.39, 0.29) is 23.7 Å². The quantitative estimate of drug-likeness (QED) is 0.691. The molecule has 94 valence electrons. The first-order valence-electron chi connectivity index (χ1n) is 5.43. The van der Waals surface area contributed by atoms with Gasteiger partial charge in [0.1, 0.15) is 5.82 Å². The van der Waals surface area contributed by atoms with Crippen molar-refractivity contribution in [1.29, 1.82) is 0 Å². The monoisotopic (exact) mass is 240 g/mol. The summed E-state index contributed by atoms with van der Waals surface area (Å²) in [5.41, 5.74) is 5.82. The number of halogens is 1. The minimum absolute atomic E-state index is 0.0564. The number of anilines is 1. The third kappa shape index (κ3) is 3.71. The Labute approximate surface area is 99.6 Å². The Morgan fingerprint density at radius 1 is 1.53 bits per heavy atom. The van der Waals surface area contributed by atoms with Crippen molar-refractivity contribution in [2.24, 2.45) is 5.92 Å². The Balaban J connectivity index is 2.64. The number of nitrogen functional groups attached to an aromatic ring is 1. The molecule has 0 fully saturated rings. The molecular formula is C12H17FN2O2. The van der Waals surface area contributed by atoms with Crippen molar-refractivity contribution in [3.63, 3.8) is 0 Å². The van der Waals surface area contributed by atoms with Crippen LogP contribution in [-0.2, 0) is 0 Å². The highest BCUT2D eigenvalue weighted by molar-refractivity contribution is 5.99. The fraction of sp³-hybridized carbons (Fsp3) is 0.417. The van der Waals surface area contributed by atoms with Gasteiger partial charge in [0.15, 0.2) is 0 Å². The molecule has 0 aliphatic carbocycles. The molecule has 0 bridgehead atoms. The minimum Gasteiger partial charge on any atom is -0.398 e. The molecule has 1 unspecified atom stereocenters. The molecule has 1 aromatic carbocycles.